The van der Waals surface area contributed by atoms with Crippen molar-refractivity contribution < 1.29 is 0 Å². The van der Waals surface area contributed by atoms with Crippen LogP contribution >= 0.6 is 0 Å². The average Bonchev–Trinajstić information content (AvgIpc) is 3.12. The van der Waals surface area contributed by atoms with Crippen LogP contribution in [0.3, 0.4) is 0 Å². The first kappa shape index (κ1) is 17.9. The van der Waals surface area contributed by atoms with Crippen LogP contribution in [-0.2, 0) is 5.54 Å². The van der Waals surface area contributed by atoms with Crippen LogP contribution in [0.4, 0.5) is 0 Å². The molecular formula is C23H26N6. The van der Waals surface area contributed by atoms with Crippen molar-refractivity contribution >= 4 is 5.82 Å². The molecule has 2 heterocycles. The molecule has 0 atom stereocenters. The van der Waals surface area contributed by atoms with E-state index in [1.54, 1.807) is 0 Å². The standard InChI is InChI=1S/C23H26N6/c1-28(2)21-19-22(26-15-25-21)29(20(27-19)16-7-4-3-5-8-16)18-11-9-17(10-12-18)23(24)13-6-14-23/h3-5,7-12,25H,6,13-15,24H2,1-2H3. The molecule has 0 spiro atoms. The fourth-order valence-corrected chi connectivity index (χ4v) is 4.17. The topological polar surface area (TPSA) is 71.5 Å². The maximum absolute atomic E-state index is 6.52. The number of imidazole rings is 1. The van der Waals surface area contributed by atoms with Crippen LogP contribution < -0.4 is 21.9 Å². The van der Waals surface area contributed by atoms with Gasteiger partial charge in [-0.05, 0) is 37.0 Å². The highest BCUT2D eigenvalue weighted by atomic mass is 15.3. The molecule has 29 heavy (non-hydrogen) atoms. The fourth-order valence-electron chi connectivity index (χ4n) is 4.17. The van der Waals surface area contributed by atoms with Crippen molar-refractivity contribution in [3.63, 3.8) is 0 Å². The van der Waals surface area contributed by atoms with Gasteiger partial charge in [-0.3, -0.25) is 4.57 Å². The van der Waals surface area contributed by atoms with Gasteiger partial charge in [0.25, 0.3) is 0 Å². The molecule has 0 amide bonds. The van der Waals surface area contributed by atoms with Gasteiger partial charge in [0.1, 0.15) is 23.7 Å². The third-order valence-electron chi connectivity index (χ3n) is 5.98. The molecule has 2 aromatic carbocycles. The van der Waals surface area contributed by atoms with Crippen LogP contribution in [0.1, 0.15) is 24.8 Å². The van der Waals surface area contributed by atoms with Crippen molar-refractivity contribution in [1.82, 2.24) is 19.8 Å². The number of rotatable bonds is 4. The Morgan fingerprint density at radius 2 is 1.76 bits per heavy atom. The lowest BCUT2D eigenvalue weighted by molar-refractivity contribution is 0.253. The highest BCUT2D eigenvalue weighted by Gasteiger charge is 2.34. The SMILES string of the molecule is CN(C)C1=c2nc(-c3ccccc3)n(-c3ccc(C4(N)CCC4)cc3)c2=NCN1. The second kappa shape index (κ2) is 6.74. The van der Waals surface area contributed by atoms with E-state index in [0.29, 0.717) is 6.67 Å². The fraction of sp³-hybridized carbons (Fsp3) is 0.304. The number of nitrogens with one attached hydrogen (secondary N) is 1. The highest BCUT2D eigenvalue weighted by Crippen LogP contribution is 2.38. The Hall–Kier alpha value is -3.12. The van der Waals surface area contributed by atoms with Crippen LogP contribution in [0.25, 0.3) is 22.9 Å². The minimum Gasteiger partial charge on any atom is -0.363 e. The van der Waals surface area contributed by atoms with Gasteiger partial charge in [-0.1, -0.05) is 42.5 Å². The zero-order valence-electron chi connectivity index (χ0n) is 16.9. The Morgan fingerprint density at radius 3 is 2.38 bits per heavy atom. The zero-order chi connectivity index (χ0) is 20.0. The molecule has 6 nitrogen and oxygen atoms in total. The van der Waals surface area contributed by atoms with Gasteiger partial charge in [0.05, 0.1) is 0 Å². The maximum atomic E-state index is 6.52. The Balaban J connectivity index is 1.73. The number of hydrogen-bond donors (Lipinski definition) is 2. The van der Waals surface area contributed by atoms with Crippen molar-refractivity contribution in [3.05, 3.63) is 71.0 Å². The lowest BCUT2D eigenvalue weighted by Gasteiger charge is -2.38. The first-order valence-electron chi connectivity index (χ1n) is 10.1. The molecule has 1 aromatic heterocycles. The normalized spacial score (nSPS) is 17.0. The van der Waals surface area contributed by atoms with E-state index in [9.17, 15) is 0 Å². The average molecular weight is 387 g/mol. The molecule has 1 fully saturated rings. The molecule has 1 aliphatic carbocycles. The molecule has 148 valence electrons. The summed E-state index contributed by atoms with van der Waals surface area (Å²) in [4.78, 5) is 11.8. The van der Waals surface area contributed by atoms with Crippen LogP contribution in [0.5, 0.6) is 0 Å². The Morgan fingerprint density at radius 1 is 1.03 bits per heavy atom. The van der Waals surface area contributed by atoms with Crippen molar-refractivity contribution in [2.45, 2.75) is 24.8 Å². The quantitative estimate of drug-likeness (QED) is 0.716. The second-order valence-electron chi connectivity index (χ2n) is 8.10. The lowest BCUT2D eigenvalue weighted by atomic mass is 9.73. The maximum Gasteiger partial charge on any atom is 0.165 e. The van der Waals surface area contributed by atoms with E-state index < -0.39 is 0 Å². The van der Waals surface area contributed by atoms with Crippen LogP contribution in [0.2, 0.25) is 0 Å². The van der Waals surface area contributed by atoms with E-state index in [4.69, 9.17) is 15.7 Å². The van der Waals surface area contributed by atoms with Crippen molar-refractivity contribution in [2.75, 3.05) is 20.8 Å². The van der Waals surface area contributed by atoms with E-state index in [1.165, 1.54) is 12.0 Å². The molecule has 0 bridgehead atoms. The van der Waals surface area contributed by atoms with Gasteiger partial charge in [-0.2, -0.15) is 0 Å². The van der Waals surface area contributed by atoms with Crippen LogP contribution in [0.15, 0.2) is 59.6 Å². The van der Waals surface area contributed by atoms with Crippen LogP contribution in [-0.4, -0.2) is 35.2 Å². The lowest BCUT2D eigenvalue weighted by Crippen LogP contribution is -2.44. The van der Waals surface area contributed by atoms with E-state index in [2.05, 4.69) is 51.2 Å². The summed E-state index contributed by atoms with van der Waals surface area (Å²) in [6.45, 7) is 0.532. The van der Waals surface area contributed by atoms with Gasteiger partial charge in [0.15, 0.2) is 5.49 Å². The molecule has 6 heteroatoms. The summed E-state index contributed by atoms with van der Waals surface area (Å²) in [5, 5.41) is 4.22. The number of benzene rings is 2. The summed E-state index contributed by atoms with van der Waals surface area (Å²) in [6.07, 6.45) is 3.33. The summed E-state index contributed by atoms with van der Waals surface area (Å²) in [5.41, 5.74) is 10.6. The minimum absolute atomic E-state index is 0.157. The summed E-state index contributed by atoms with van der Waals surface area (Å²) in [7, 11) is 4.04. The molecule has 2 aliphatic rings. The molecule has 0 saturated heterocycles. The minimum atomic E-state index is -0.157. The summed E-state index contributed by atoms with van der Waals surface area (Å²) in [6, 6.07) is 18.9. The van der Waals surface area contributed by atoms with Gasteiger partial charge in [-0.25, -0.2) is 9.98 Å². The number of fused-ring (bicyclic) bond motifs is 1. The second-order valence-corrected chi connectivity index (χ2v) is 8.10. The van der Waals surface area contributed by atoms with Crippen molar-refractivity contribution in [1.29, 1.82) is 0 Å². The highest BCUT2D eigenvalue weighted by molar-refractivity contribution is 5.60. The number of hydrogen-bond acceptors (Lipinski definition) is 5. The summed E-state index contributed by atoms with van der Waals surface area (Å²) < 4.78 is 2.16. The largest absolute Gasteiger partial charge is 0.363 e. The number of nitrogens with two attached hydrogens (primary N) is 1. The van der Waals surface area contributed by atoms with Crippen LogP contribution in [0, 0.1) is 0 Å². The summed E-state index contributed by atoms with van der Waals surface area (Å²) in [5.74, 6) is 1.87. The van der Waals surface area contributed by atoms with E-state index in [0.717, 1.165) is 46.6 Å². The molecular weight excluding hydrogens is 360 g/mol. The number of aromatic nitrogens is 2. The Labute approximate surface area is 170 Å². The predicted molar refractivity (Wildman–Crippen MR) is 115 cm³/mol. The molecule has 1 aliphatic heterocycles. The van der Waals surface area contributed by atoms with E-state index in [1.807, 2.05) is 32.3 Å². The smallest absolute Gasteiger partial charge is 0.165 e. The molecule has 5 rings (SSSR count). The molecule has 3 aromatic rings. The third kappa shape index (κ3) is 2.91. The Kier molecular flexibility index (Phi) is 4.17. The van der Waals surface area contributed by atoms with Gasteiger partial charge < -0.3 is 16.0 Å². The monoisotopic (exact) mass is 386 g/mol. The predicted octanol–water partition coefficient (Wildman–Crippen LogP) is 1.68. The van der Waals surface area contributed by atoms with E-state index in [-0.39, 0.29) is 5.54 Å². The van der Waals surface area contributed by atoms with Crippen molar-refractivity contribution in [3.8, 4) is 17.1 Å². The Bertz CT molecular complexity index is 1150. The first-order valence-corrected chi connectivity index (χ1v) is 10.1. The first-order chi connectivity index (χ1) is 14.1. The van der Waals surface area contributed by atoms with Gasteiger partial charge in [-0.15, -0.1) is 0 Å². The number of nitrogens with zero attached hydrogens (tertiary/aromatic N) is 4. The molecule has 1 saturated carbocycles. The zero-order valence-corrected chi connectivity index (χ0v) is 16.9. The van der Waals surface area contributed by atoms with Gasteiger partial charge >= 0.3 is 0 Å². The summed E-state index contributed by atoms with van der Waals surface area (Å²) >= 11 is 0. The third-order valence-corrected chi connectivity index (χ3v) is 5.98. The van der Waals surface area contributed by atoms with Gasteiger partial charge in [0.2, 0.25) is 0 Å². The van der Waals surface area contributed by atoms with E-state index >= 15 is 0 Å². The van der Waals surface area contributed by atoms with Gasteiger partial charge in [0, 0.05) is 30.9 Å². The molecule has 0 unspecified atom stereocenters. The van der Waals surface area contributed by atoms with Crippen molar-refractivity contribution in [2.24, 2.45) is 10.7 Å². The molecule has 0 radical (unpaired) electrons. The molecule has 3 N–H and O–H groups in total.